The Morgan fingerprint density at radius 2 is 1.76 bits per heavy atom. The average Bonchev–Trinajstić information content (AvgIpc) is 2.93. The van der Waals surface area contributed by atoms with Gasteiger partial charge in [-0.2, -0.15) is 4.98 Å². The second-order valence-electron chi connectivity index (χ2n) is 9.49. The van der Waals surface area contributed by atoms with Gasteiger partial charge in [0.2, 0.25) is 5.89 Å². The number of hydrogen-bond donors (Lipinski definition) is 0. The molecular formula is C20H28N2O3. The first-order chi connectivity index (χ1) is 11.7. The topological polar surface area (TPSA) is 65.2 Å². The van der Waals surface area contributed by atoms with Crippen molar-refractivity contribution in [2.75, 3.05) is 0 Å². The average molecular weight is 344 g/mol. The predicted molar refractivity (Wildman–Crippen MR) is 92.8 cm³/mol. The fraction of sp³-hybridized carbons (Fsp3) is 0.750. The number of carbonyl (C=O) groups excluding carboxylic acids is 1. The Morgan fingerprint density at radius 1 is 1.20 bits per heavy atom. The van der Waals surface area contributed by atoms with E-state index in [9.17, 15) is 4.79 Å². The highest BCUT2D eigenvalue weighted by Crippen LogP contribution is 2.60. The van der Waals surface area contributed by atoms with E-state index >= 15 is 0 Å². The molecule has 4 fully saturated rings. The molecule has 0 radical (unpaired) electrons. The Hall–Kier alpha value is -1.65. The number of esters is 1. The third-order valence-electron chi connectivity index (χ3n) is 6.03. The van der Waals surface area contributed by atoms with Crippen LogP contribution in [0.5, 0.6) is 0 Å². The van der Waals surface area contributed by atoms with Gasteiger partial charge in [-0.3, -0.25) is 0 Å². The third kappa shape index (κ3) is 3.25. The van der Waals surface area contributed by atoms with Crippen molar-refractivity contribution < 1.29 is 14.1 Å². The van der Waals surface area contributed by atoms with Crippen LogP contribution in [0, 0.1) is 17.8 Å². The molecule has 0 saturated heterocycles. The number of hydrogen-bond acceptors (Lipinski definition) is 5. The lowest BCUT2D eigenvalue weighted by Gasteiger charge is -2.55. The van der Waals surface area contributed by atoms with Gasteiger partial charge in [0.25, 0.3) is 0 Å². The molecule has 5 heteroatoms. The molecule has 136 valence electrons. The van der Waals surface area contributed by atoms with Gasteiger partial charge in [-0.1, -0.05) is 11.7 Å². The molecule has 0 unspecified atom stereocenters. The van der Waals surface area contributed by atoms with Crippen LogP contribution in [0.3, 0.4) is 0 Å². The molecule has 1 aromatic rings. The van der Waals surface area contributed by atoms with Crippen LogP contribution >= 0.6 is 0 Å². The van der Waals surface area contributed by atoms with E-state index in [0.29, 0.717) is 11.5 Å². The fourth-order valence-corrected chi connectivity index (χ4v) is 5.53. The Morgan fingerprint density at radius 3 is 2.28 bits per heavy atom. The zero-order chi connectivity index (χ0) is 17.8. The molecule has 5 rings (SSSR count). The first kappa shape index (κ1) is 16.8. The normalized spacial score (nSPS) is 33.5. The summed E-state index contributed by atoms with van der Waals surface area (Å²) < 4.78 is 10.8. The first-order valence-electron chi connectivity index (χ1n) is 9.47. The van der Waals surface area contributed by atoms with E-state index in [0.717, 1.165) is 23.6 Å². The molecule has 4 bridgehead atoms. The van der Waals surface area contributed by atoms with Gasteiger partial charge in [0.05, 0.1) is 6.42 Å². The van der Waals surface area contributed by atoms with Crippen LogP contribution < -0.4 is 0 Å². The predicted octanol–water partition coefficient (Wildman–Crippen LogP) is 3.98. The van der Waals surface area contributed by atoms with Crippen LogP contribution in [0.25, 0.3) is 0 Å². The number of ether oxygens (including phenoxy) is 1. The van der Waals surface area contributed by atoms with Crippen molar-refractivity contribution in [1.29, 1.82) is 0 Å². The summed E-state index contributed by atoms with van der Waals surface area (Å²) in [5, 5.41) is 4.31. The van der Waals surface area contributed by atoms with Crippen LogP contribution in [-0.2, 0) is 21.4 Å². The molecule has 1 heterocycles. The summed E-state index contributed by atoms with van der Waals surface area (Å²) in [6, 6.07) is 0. The standard InChI is InChI=1S/C20H28N2O3/c1-12(17(23)24-19(2,3)4)5-16-21-18(22-25-16)20-9-13-6-14(10-20)8-15(7-13)11-20/h13-15H,1,5-11H2,2-4H3. The van der Waals surface area contributed by atoms with Crippen molar-refractivity contribution in [3.63, 3.8) is 0 Å². The summed E-state index contributed by atoms with van der Waals surface area (Å²) in [4.78, 5) is 16.8. The zero-order valence-electron chi connectivity index (χ0n) is 15.5. The molecule has 0 spiro atoms. The van der Waals surface area contributed by atoms with Gasteiger partial charge in [-0.25, -0.2) is 4.79 Å². The minimum atomic E-state index is -0.529. The van der Waals surface area contributed by atoms with Gasteiger partial charge in [0, 0.05) is 11.0 Å². The fourth-order valence-electron chi connectivity index (χ4n) is 5.53. The summed E-state index contributed by atoms with van der Waals surface area (Å²) >= 11 is 0. The summed E-state index contributed by atoms with van der Waals surface area (Å²) in [5.41, 5.74) is -0.0566. The van der Waals surface area contributed by atoms with E-state index in [-0.39, 0.29) is 11.8 Å². The number of carbonyl (C=O) groups is 1. The smallest absolute Gasteiger partial charge is 0.334 e. The summed E-state index contributed by atoms with van der Waals surface area (Å²) in [7, 11) is 0. The Balaban J connectivity index is 1.46. The van der Waals surface area contributed by atoms with Crippen molar-refractivity contribution in [3.8, 4) is 0 Å². The minimum absolute atomic E-state index is 0.115. The van der Waals surface area contributed by atoms with E-state index in [1.54, 1.807) is 0 Å². The molecule has 4 aliphatic carbocycles. The van der Waals surface area contributed by atoms with E-state index in [1.165, 1.54) is 38.5 Å². The van der Waals surface area contributed by atoms with E-state index < -0.39 is 11.6 Å². The van der Waals surface area contributed by atoms with Crippen LogP contribution in [0.15, 0.2) is 16.7 Å². The van der Waals surface area contributed by atoms with Crippen LogP contribution in [0.2, 0.25) is 0 Å². The molecule has 0 aliphatic heterocycles. The molecule has 0 N–H and O–H groups in total. The lowest BCUT2D eigenvalue weighted by Crippen LogP contribution is -2.49. The Labute approximate surface area is 149 Å². The largest absolute Gasteiger partial charge is 0.457 e. The lowest BCUT2D eigenvalue weighted by atomic mass is 9.49. The van der Waals surface area contributed by atoms with Gasteiger partial charge in [0.1, 0.15) is 5.60 Å². The van der Waals surface area contributed by atoms with E-state index in [2.05, 4.69) is 16.7 Å². The molecule has 4 saturated carbocycles. The van der Waals surface area contributed by atoms with Crippen molar-refractivity contribution in [3.05, 3.63) is 23.9 Å². The van der Waals surface area contributed by atoms with Crippen molar-refractivity contribution in [2.45, 2.75) is 76.7 Å². The van der Waals surface area contributed by atoms with Crippen molar-refractivity contribution in [2.24, 2.45) is 17.8 Å². The number of aromatic nitrogens is 2. The van der Waals surface area contributed by atoms with Crippen LogP contribution in [-0.4, -0.2) is 21.7 Å². The van der Waals surface area contributed by atoms with Crippen molar-refractivity contribution in [1.82, 2.24) is 10.1 Å². The van der Waals surface area contributed by atoms with E-state index in [4.69, 9.17) is 9.26 Å². The van der Waals surface area contributed by atoms with Gasteiger partial charge in [-0.15, -0.1) is 0 Å². The molecule has 25 heavy (non-hydrogen) atoms. The molecule has 0 atom stereocenters. The molecule has 0 aromatic carbocycles. The highest BCUT2D eigenvalue weighted by molar-refractivity contribution is 5.88. The maximum Gasteiger partial charge on any atom is 0.334 e. The van der Waals surface area contributed by atoms with Gasteiger partial charge in [0.15, 0.2) is 5.82 Å². The Bertz CT molecular complexity index is 663. The van der Waals surface area contributed by atoms with Gasteiger partial charge in [-0.05, 0) is 77.0 Å². The summed E-state index contributed by atoms with van der Waals surface area (Å²) in [6.07, 6.45) is 8.02. The van der Waals surface area contributed by atoms with Crippen LogP contribution in [0.4, 0.5) is 0 Å². The monoisotopic (exact) mass is 344 g/mol. The van der Waals surface area contributed by atoms with Crippen LogP contribution in [0.1, 0.15) is 71.0 Å². The molecule has 5 nitrogen and oxygen atoms in total. The number of rotatable bonds is 4. The van der Waals surface area contributed by atoms with E-state index in [1.807, 2.05) is 20.8 Å². The molecule has 1 aromatic heterocycles. The lowest BCUT2D eigenvalue weighted by molar-refractivity contribution is -0.150. The molecule has 4 aliphatic rings. The quantitative estimate of drug-likeness (QED) is 0.610. The highest BCUT2D eigenvalue weighted by Gasteiger charge is 2.53. The second kappa shape index (κ2) is 5.68. The Kier molecular flexibility index (Phi) is 3.82. The molecular weight excluding hydrogens is 316 g/mol. The highest BCUT2D eigenvalue weighted by atomic mass is 16.6. The minimum Gasteiger partial charge on any atom is -0.457 e. The maximum atomic E-state index is 12.1. The van der Waals surface area contributed by atoms with Gasteiger partial charge >= 0.3 is 5.97 Å². The maximum absolute atomic E-state index is 12.1. The van der Waals surface area contributed by atoms with Crippen molar-refractivity contribution >= 4 is 5.97 Å². The summed E-state index contributed by atoms with van der Waals surface area (Å²) in [6.45, 7) is 9.36. The first-order valence-corrected chi connectivity index (χ1v) is 9.47. The van der Waals surface area contributed by atoms with Gasteiger partial charge < -0.3 is 9.26 Å². The zero-order valence-corrected chi connectivity index (χ0v) is 15.5. The third-order valence-corrected chi connectivity index (χ3v) is 6.03. The SMILES string of the molecule is C=C(Cc1nc(C23CC4CC(CC(C4)C2)C3)no1)C(=O)OC(C)(C)C. The summed E-state index contributed by atoms with van der Waals surface area (Å²) in [5.74, 6) is 3.45. The second-order valence-corrected chi connectivity index (χ2v) is 9.49. The molecule has 0 amide bonds. The number of nitrogens with zero attached hydrogens (tertiary/aromatic N) is 2.